The molecule has 2 heteroatoms. The van der Waals surface area contributed by atoms with E-state index in [0.29, 0.717) is 18.1 Å². The van der Waals surface area contributed by atoms with Crippen LogP contribution >= 0.6 is 0 Å². The van der Waals surface area contributed by atoms with Gasteiger partial charge < -0.3 is 10.1 Å². The van der Waals surface area contributed by atoms with Crippen molar-refractivity contribution in [1.29, 1.82) is 0 Å². The average Bonchev–Trinajstić information content (AvgIpc) is 2.75. The molecule has 0 bridgehead atoms. The third-order valence-electron chi connectivity index (χ3n) is 3.41. The van der Waals surface area contributed by atoms with Gasteiger partial charge in [0.2, 0.25) is 0 Å². The molecule has 2 rings (SSSR count). The summed E-state index contributed by atoms with van der Waals surface area (Å²) >= 11 is 0. The normalized spacial score (nSPS) is 24.4. The van der Waals surface area contributed by atoms with Crippen LogP contribution < -0.4 is 5.32 Å². The molecular weight excluding hydrogens is 210 g/mol. The molecule has 1 heterocycles. The van der Waals surface area contributed by atoms with Crippen LogP contribution in [0.1, 0.15) is 25.8 Å². The van der Waals surface area contributed by atoms with E-state index in [-0.39, 0.29) is 0 Å². The minimum atomic E-state index is 0.392. The Bertz CT molecular complexity index is 323. The maximum absolute atomic E-state index is 5.86. The van der Waals surface area contributed by atoms with Crippen LogP contribution in [0.2, 0.25) is 0 Å². The monoisotopic (exact) mass is 233 g/mol. The molecule has 1 aliphatic rings. The van der Waals surface area contributed by atoms with Crippen molar-refractivity contribution in [1.82, 2.24) is 5.32 Å². The van der Waals surface area contributed by atoms with Crippen molar-refractivity contribution in [3.63, 3.8) is 0 Å². The van der Waals surface area contributed by atoms with Crippen LogP contribution in [0.3, 0.4) is 0 Å². The molecule has 1 N–H and O–H groups in total. The van der Waals surface area contributed by atoms with Gasteiger partial charge in [-0.15, -0.1) is 0 Å². The second kappa shape index (κ2) is 6.18. The molecule has 0 saturated carbocycles. The lowest BCUT2D eigenvalue weighted by atomic mass is 9.95. The average molecular weight is 233 g/mol. The van der Waals surface area contributed by atoms with E-state index >= 15 is 0 Å². The molecule has 1 saturated heterocycles. The van der Waals surface area contributed by atoms with Crippen LogP contribution in [0.4, 0.5) is 0 Å². The highest BCUT2D eigenvalue weighted by atomic mass is 16.5. The molecule has 2 nitrogen and oxygen atoms in total. The van der Waals surface area contributed by atoms with E-state index in [1.807, 2.05) is 0 Å². The highest BCUT2D eigenvalue weighted by Gasteiger charge is 2.27. The van der Waals surface area contributed by atoms with Gasteiger partial charge in [-0.05, 0) is 18.4 Å². The van der Waals surface area contributed by atoms with Crippen molar-refractivity contribution < 1.29 is 4.74 Å². The molecule has 1 fully saturated rings. The topological polar surface area (TPSA) is 21.3 Å². The Hall–Kier alpha value is -0.860. The zero-order valence-corrected chi connectivity index (χ0v) is 10.9. The summed E-state index contributed by atoms with van der Waals surface area (Å²) in [6, 6.07) is 11.2. The fourth-order valence-corrected chi connectivity index (χ4v) is 2.39. The van der Waals surface area contributed by atoms with Gasteiger partial charge in [-0.2, -0.15) is 0 Å². The Kier molecular flexibility index (Phi) is 4.57. The van der Waals surface area contributed by atoms with Gasteiger partial charge in [0.1, 0.15) is 0 Å². The van der Waals surface area contributed by atoms with E-state index in [4.69, 9.17) is 4.74 Å². The van der Waals surface area contributed by atoms with Crippen LogP contribution in [0.25, 0.3) is 0 Å². The van der Waals surface area contributed by atoms with Crippen LogP contribution in [0, 0.1) is 5.92 Å². The summed E-state index contributed by atoms with van der Waals surface area (Å²) in [5.41, 5.74) is 1.38. The number of nitrogens with one attached hydrogen (secondary N) is 1. The van der Waals surface area contributed by atoms with Crippen LogP contribution in [0.5, 0.6) is 0 Å². The molecule has 1 aliphatic heterocycles. The third kappa shape index (κ3) is 3.83. The van der Waals surface area contributed by atoms with E-state index in [1.165, 1.54) is 12.0 Å². The minimum absolute atomic E-state index is 0.392. The molecule has 0 amide bonds. The zero-order chi connectivity index (χ0) is 12.1. The highest BCUT2D eigenvalue weighted by Crippen LogP contribution is 2.23. The standard InChI is InChI=1S/C15H23NO/c1-12(2)16-11-14-8-9-17-15(14)10-13-6-4-3-5-7-13/h3-7,12,14-16H,8-11H2,1-2H3. The van der Waals surface area contributed by atoms with Gasteiger partial charge in [-0.25, -0.2) is 0 Å². The Morgan fingerprint density at radius 3 is 2.76 bits per heavy atom. The van der Waals surface area contributed by atoms with Crippen LogP contribution in [0.15, 0.2) is 30.3 Å². The van der Waals surface area contributed by atoms with Crippen molar-refractivity contribution in [3.8, 4) is 0 Å². The highest BCUT2D eigenvalue weighted by molar-refractivity contribution is 5.16. The van der Waals surface area contributed by atoms with E-state index < -0.39 is 0 Å². The van der Waals surface area contributed by atoms with Crippen LogP contribution in [-0.4, -0.2) is 25.3 Å². The van der Waals surface area contributed by atoms with Crippen molar-refractivity contribution in [3.05, 3.63) is 35.9 Å². The van der Waals surface area contributed by atoms with E-state index in [2.05, 4.69) is 49.5 Å². The van der Waals surface area contributed by atoms with Crippen molar-refractivity contribution in [2.24, 2.45) is 5.92 Å². The van der Waals surface area contributed by atoms with Gasteiger partial charge in [0.05, 0.1) is 6.10 Å². The minimum Gasteiger partial charge on any atom is -0.378 e. The molecule has 0 radical (unpaired) electrons. The van der Waals surface area contributed by atoms with Gasteiger partial charge >= 0.3 is 0 Å². The van der Waals surface area contributed by atoms with Gasteiger partial charge in [0, 0.05) is 25.1 Å². The Morgan fingerprint density at radius 1 is 1.29 bits per heavy atom. The van der Waals surface area contributed by atoms with E-state index in [1.54, 1.807) is 0 Å². The SMILES string of the molecule is CC(C)NCC1CCOC1Cc1ccccc1. The van der Waals surface area contributed by atoms with Gasteiger partial charge in [0.25, 0.3) is 0 Å². The van der Waals surface area contributed by atoms with Gasteiger partial charge in [-0.3, -0.25) is 0 Å². The lowest BCUT2D eigenvalue weighted by Gasteiger charge is -2.20. The van der Waals surface area contributed by atoms with Gasteiger partial charge in [-0.1, -0.05) is 44.2 Å². The Morgan fingerprint density at radius 2 is 2.06 bits per heavy atom. The lowest BCUT2D eigenvalue weighted by molar-refractivity contribution is 0.0901. The summed E-state index contributed by atoms with van der Waals surface area (Å²) < 4.78 is 5.86. The molecular formula is C15H23NO. The molecule has 0 aliphatic carbocycles. The predicted octanol–water partition coefficient (Wildman–Crippen LogP) is 2.63. The molecule has 0 aromatic heterocycles. The lowest BCUT2D eigenvalue weighted by Crippen LogP contribution is -2.33. The fraction of sp³-hybridized carbons (Fsp3) is 0.600. The molecule has 1 aromatic carbocycles. The summed E-state index contributed by atoms with van der Waals surface area (Å²) in [5.74, 6) is 0.664. The quantitative estimate of drug-likeness (QED) is 0.844. The molecule has 17 heavy (non-hydrogen) atoms. The number of hydrogen-bond acceptors (Lipinski definition) is 2. The first kappa shape index (κ1) is 12.6. The maximum Gasteiger partial charge on any atom is 0.0656 e. The predicted molar refractivity (Wildman–Crippen MR) is 71.1 cm³/mol. The zero-order valence-electron chi connectivity index (χ0n) is 10.9. The van der Waals surface area contributed by atoms with E-state index in [9.17, 15) is 0 Å². The second-order valence-electron chi connectivity index (χ2n) is 5.21. The largest absolute Gasteiger partial charge is 0.378 e. The number of rotatable bonds is 5. The number of benzene rings is 1. The summed E-state index contributed by atoms with van der Waals surface area (Å²) in [4.78, 5) is 0. The third-order valence-corrected chi connectivity index (χ3v) is 3.41. The summed E-state index contributed by atoms with van der Waals surface area (Å²) in [6.07, 6.45) is 2.63. The van der Waals surface area contributed by atoms with Crippen molar-refractivity contribution in [2.75, 3.05) is 13.2 Å². The molecule has 1 aromatic rings. The first-order chi connectivity index (χ1) is 8.25. The van der Waals surface area contributed by atoms with Crippen molar-refractivity contribution in [2.45, 2.75) is 38.8 Å². The Balaban J connectivity index is 1.87. The summed E-state index contributed by atoms with van der Waals surface area (Å²) in [6.45, 7) is 6.39. The number of hydrogen-bond donors (Lipinski definition) is 1. The smallest absolute Gasteiger partial charge is 0.0656 e. The summed E-state index contributed by atoms with van der Waals surface area (Å²) in [5, 5.41) is 3.52. The van der Waals surface area contributed by atoms with Crippen LogP contribution in [-0.2, 0) is 11.2 Å². The molecule has 0 spiro atoms. The van der Waals surface area contributed by atoms with Crippen molar-refractivity contribution >= 4 is 0 Å². The second-order valence-corrected chi connectivity index (χ2v) is 5.21. The van der Waals surface area contributed by atoms with E-state index in [0.717, 1.165) is 19.6 Å². The first-order valence-corrected chi connectivity index (χ1v) is 6.64. The number of ether oxygens (including phenoxy) is 1. The maximum atomic E-state index is 5.86. The molecule has 2 atom stereocenters. The summed E-state index contributed by atoms with van der Waals surface area (Å²) in [7, 11) is 0. The van der Waals surface area contributed by atoms with Gasteiger partial charge in [0.15, 0.2) is 0 Å². The molecule has 94 valence electrons. The fourth-order valence-electron chi connectivity index (χ4n) is 2.39. The Labute approximate surface area is 104 Å². The molecule has 2 unspecified atom stereocenters. The first-order valence-electron chi connectivity index (χ1n) is 6.64.